The van der Waals surface area contributed by atoms with Gasteiger partial charge in [0.1, 0.15) is 5.82 Å². The maximum Gasteiger partial charge on any atom is 0.315 e. The second-order valence-electron chi connectivity index (χ2n) is 4.89. The summed E-state index contributed by atoms with van der Waals surface area (Å²) in [5, 5.41) is 5.69. The molecule has 2 N–H and O–H groups in total. The van der Waals surface area contributed by atoms with Crippen LogP contribution in [-0.2, 0) is 6.54 Å². The van der Waals surface area contributed by atoms with Crippen molar-refractivity contribution >= 4 is 6.03 Å². The van der Waals surface area contributed by atoms with Gasteiger partial charge in [0.25, 0.3) is 0 Å². The minimum atomic E-state index is -0.231. The fraction of sp³-hybridized carbons (Fsp3) is 0.500. The van der Waals surface area contributed by atoms with Crippen LogP contribution < -0.4 is 10.6 Å². The van der Waals surface area contributed by atoms with Crippen molar-refractivity contribution in [2.75, 3.05) is 0 Å². The molecule has 2 rings (SSSR count). The smallest absolute Gasteiger partial charge is 0.315 e. The van der Waals surface area contributed by atoms with Gasteiger partial charge < -0.3 is 10.6 Å². The van der Waals surface area contributed by atoms with Crippen molar-refractivity contribution < 1.29 is 9.18 Å². The molecule has 3 nitrogen and oxygen atoms in total. The van der Waals surface area contributed by atoms with Crippen molar-refractivity contribution in [3.05, 3.63) is 35.1 Å². The molecule has 1 aromatic carbocycles. The zero-order valence-corrected chi connectivity index (χ0v) is 10.6. The zero-order chi connectivity index (χ0) is 13.0. The molecule has 1 fully saturated rings. The molecule has 1 aliphatic carbocycles. The topological polar surface area (TPSA) is 41.1 Å². The van der Waals surface area contributed by atoms with Gasteiger partial charge in [-0.3, -0.25) is 0 Å². The molecule has 0 aliphatic heterocycles. The molecular weight excluding hydrogens is 231 g/mol. The standard InChI is InChI=1S/C14H19FN2O/c1-10-6-7-11(8-13(10)15)9-16-14(18)17-12-4-2-3-5-12/h6-8,12H,2-5,9H2,1H3,(H2,16,17,18). The lowest BCUT2D eigenvalue weighted by Crippen LogP contribution is -2.40. The average molecular weight is 250 g/mol. The fourth-order valence-corrected chi connectivity index (χ4v) is 2.24. The summed E-state index contributed by atoms with van der Waals surface area (Å²) in [5.74, 6) is -0.231. The van der Waals surface area contributed by atoms with Gasteiger partial charge in [-0.25, -0.2) is 9.18 Å². The van der Waals surface area contributed by atoms with Gasteiger partial charge in [0.2, 0.25) is 0 Å². The van der Waals surface area contributed by atoms with Crippen LogP contribution in [0.1, 0.15) is 36.8 Å². The van der Waals surface area contributed by atoms with Crippen LogP contribution in [0.3, 0.4) is 0 Å². The van der Waals surface area contributed by atoms with E-state index >= 15 is 0 Å². The zero-order valence-electron chi connectivity index (χ0n) is 10.6. The summed E-state index contributed by atoms with van der Waals surface area (Å²) in [6.07, 6.45) is 4.50. The van der Waals surface area contributed by atoms with Gasteiger partial charge in [0.05, 0.1) is 0 Å². The molecule has 4 heteroatoms. The van der Waals surface area contributed by atoms with Crippen molar-refractivity contribution in [3.8, 4) is 0 Å². The predicted octanol–water partition coefficient (Wildman–Crippen LogP) is 2.88. The number of amides is 2. The van der Waals surface area contributed by atoms with Gasteiger partial charge in [0.15, 0.2) is 0 Å². The maximum atomic E-state index is 13.3. The number of hydrogen-bond donors (Lipinski definition) is 2. The van der Waals surface area contributed by atoms with Gasteiger partial charge in [-0.2, -0.15) is 0 Å². The van der Waals surface area contributed by atoms with Gasteiger partial charge in [-0.15, -0.1) is 0 Å². The summed E-state index contributed by atoms with van der Waals surface area (Å²) in [6, 6.07) is 5.16. The van der Waals surface area contributed by atoms with Gasteiger partial charge in [-0.1, -0.05) is 25.0 Å². The third-order valence-corrected chi connectivity index (χ3v) is 3.38. The summed E-state index contributed by atoms with van der Waals surface area (Å²) in [5.41, 5.74) is 1.40. The van der Waals surface area contributed by atoms with Crippen LogP contribution in [-0.4, -0.2) is 12.1 Å². The molecule has 0 saturated heterocycles. The maximum absolute atomic E-state index is 13.3. The second kappa shape index (κ2) is 5.85. The highest BCUT2D eigenvalue weighted by Gasteiger charge is 2.16. The van der Waals surface area contributed by atoms with Crippen molar-refractivity contribution in [1.29, 1.82) is 0 Å². The Bertz CT molecular complexity index is 428. The molecular formula is C14H19FN2O. The summed E-state index contributed by atoms with van der Waals surface area (Å²) < 4.78 is 13.3. The molecule has 1 saturated carbocycles. The number of carbonyl (C=O) groups excluding carboxylic acids is 1. The molecule has 0 bridgehead atoms. The molecule has 0 atom stereocenters. The summed E-state index contributed by atoms with van der Waals surface area (Å²) in [7, 11) is 0. The number of halogens is 1. The lowest BCUT2D eigenvalue weighted by molar-refractivity contribution is 0.236. The first-order valence-corrected chi connectivity index (χ1v) is 6.44. The van der Waals surface area contributed by atoms with E-state index in [1.54, 1.807) is 13.0 Å². The average Bonchev–Trinajstić information content (AvgIpc) is 2.83. The quantitative estimate of drug-likeness (QED) is 0.851. The molecule has 2 amide bonds. The van der Waals surface area contributed by atoms with Crippen LogP contribution in [0.2, 0.25) is 0 Å². The molecule has 0 unspecified atom stereocenters. The minimum absolute atomic E-state index is 0.164. The van der Waals surface area contributed by atoms with Crippen LogP contribution in [0, 0.1) is 12.7 Å². The van der Waals surface area contributed by atoms with Gasteiger partial charge in [0, 0.05) is 12.6 Å². The monoisotopic (exact) mass is 250 g/mol. The number of rotatable bonds is 3. The Labute approximate surface area is 107 Å². The molecule has 0 radical (unpaired) electrons. The van der Waals surface area contributed by atoms with E-state index in [0.29, 0.717) is 18.2 Å². The highest BCUT2D eigenvalue weighted by Crippen LogP contribution is 2.17. The normalized spacial score (nSPS) is 15.7. The Balaban J connectivity index is 1.79. The van der Waals surface area contributed by atoms with E-state index in [2.05, 4.69) is 10.6 Å². The van der Waals surface area contributed by atoms with E-state index in [9.17, 15) is 9.18 Å². The number of urea groups is 1. The number of aryl methyl sites for hydroxylation is 1. The van der Waals surface area contributed by atoms with E-state index in [4.69, 9.17) is 0 Å². The Morgan fingerprint density at radius 1 is 1.39 bits per heavy atom. The Morgan fingerprint density at radius 2 is 2.11 bits per heavy atom. The van der Waals surface area contributed by atoms with E-state index in [0.717, 1.165) is 18.4 Å². The fourth-order valence-electron chi connectivity index (χ4n) is 2.24. The van der Waals surface area contributed by atoms with Gasteiger partial charge >= 0.3 is 6.03 Å². The third kappa shape index (κ3) is 3.45. The molecule has 98 valence electrons. The number of benzene rings is 1. The van der Waals surface area contributed by atoms with E-state index in [1.165, 1.54) is 18.9 Å². The first-order valence-electron chi connectivity index (χ1n) is 6.44. The first kappa shape index (κ1) is 12.9. The minimum Gasteiger partial charge on any atom is -0.335 e. The Morgan fingerprint density at radius 3 is 2.78 bits per heavy atom. The predicted molar refractivity (Wildman–Crippen MR) is 68.8 cm³/mol. The molecule has 1 aromatic rings. The first-order chi connectivity index (χ1) is 8.65. The van der Waals surface area contributed by atoms with Crippen LogP contribution >= 0.6 is 0 Å². The van der Waals surface area contributed by atoms with Crippen LogP contribution in [0.4, 0.5) is 9.18 Å². The largest absolute Gasteiger partial charge is 0.335 e. The Hall–Kier alpha value is -1.58. The van der Waals surface area contributed by atoms with Crippen LogP contribution in [0.15, 0.2) is 18.2 Å². The van der Waals surface area contributed by atoms with Crippen molar-refractivity contribution in [3.63, 3.8) is 0 Å². The lowest BCUT2D eigenvalue weighted by Gasteiger charge is -2.13. The van der Waals surface area contributed by atoms with Crippen molar-refractivity contribution in [2.24, 2.45) is 0 Å². The van der Waals surface area contributed by atoms with Crippen molar-refractivity contribution in [2.45, 2.75) is 45.2 Å². The number of hydrogen-bond acceptors (Lipinski definition) is 1. The second-order valence-corrected chi connectivity index (χ2v) is 4.89. The molecule has 0 spiro atoms. The Kier molecular flexibility index (Phi) is 4.18. The third-order valence-electron chi connectivity index (χ3n) is 3.38. The van der Waals surface area contributed by atoms with E-state index in [1.807, 2.05) is 6.07 Å². The van der Waals surface area contributed by atoms with Crippen molar-refractivity contribution in [1.82, 2.24) is 10.6 Å². The van der Waals surface area contributed by atoms with Gasteiger partial charge in [-0.05, 0) is 37.0 Å². The number of carbonyl (C=O) groups is 1. The van der Waals surface area contributed by atoms with E-state index < -0.39 is 0 Å². The SMILES string of the molecule is Cc1ccc(CNC(=O)NC2CCCC2)cc1F. The van der Waals surface area contributed by atoms with Crippen LogP contribution in [0.25, 0.3) is 0 Å². The molecule has 0 aromatic heterocycles. The molecule has 0 heterocycles. The molecule has 18 heavy (non-hydrogen) atoms. The van der Waals surface area contributed by atoms with E-state index in [-0.39, 0.29) is 11.8 Å². The van der Waals surface area contributed by atoms with Crippen LogP contribution in [0.5, 0.6) is 0 Å². The number of nitrogens with one attached hydrogen (secondary N) is 2. The summed E-state index contributed by atoms with van der Waals surface area (Å²) in [4.78, 5) is 11.6. The molecule has 1 aliphatic rings. The summed E-state index contributed by atoms with van der Waals surface area (Å²) in [6.45, 7) is 2.08. The lowest BCUT2D eigenvalue weighted by atomic mass is 10.1. The summed E-state index contributed by atoms with van der Waals surface area (Å²) >= 11 is 0. The highest BCUT2D eigenvalue weighted by molar-refractivity contribution is 5.74. The highest BCUT2D eigenvalue weighted by atomic mass is 19.1.